The molecule has 0 radical (unpaired) electrons. The number of ketones is 1. The summed E-state index contributed by atoms with van der Waals surface area (Å²) in [5.41, 5.74) is 2.00. The van der Waals surface area contributed by atoms with Crippen LogP contribution in [0.2, 0.25) is 0 Å². The predicted molar refractivity (Wildman–Crippen MR) is 160 cm³/mol. The Balaban J connectivity index is 1.67. The summed E-state index contributed by atoms with van der Waals surface area (Å²) in [6.07, 6.45) is 0. The average molecular weight is 571 g/mol. The summed E-state index contributed by atoms with van der Waals surface area (Å²) < 4.78 is 4.70. The maximum atomic E-state index is 14.1. The van der Waals surface area contributed by atoms with Gasteiger partial charge in [0.05, 0.1) is 37.1 Å². The zero-order valence-corrected chi connectivity index (χ0v) is 24.3. The highest BCUT2D eigenvalue weighted by atomic mass is 16.5. The van der Waals surface area contributed by atoms with Gasteiger partial charge in [0.1, 0.15) is 6.04 Å². The van der Waals surface area contributed by atoms with Crippen LogP contribution in [0.4, 0.5) is 21.9 Å². The lowest BCUT2D eigenvalue weighted by atomic mass is 9.94. The molecule has 10 nitrogen and oxygen atoms in total. The summed E-state index contributed by atoms with van der Waals surface area (Å²) in [4.78, 5) is 68.8. The van der Waals surface area contributed by atoms with E-state index in [2.05, 4.69) is 10.6 Å². The Morgan fingerprint density at radius 1 is 0.905 bits per heavy atom. The lowest BCUT2D eigenvalue weighted by Gasteiger charge is -2.30. The molecule has 0 saturated heterocycles. The Morgan fingerprint density at radius 2 is 1.52 bits per heavy atom. The van der Waals surface area contributed by atoms with Crippen LogP contribution < -0.4 is 20.4 Å². The maximum Gasteiger partial charge on any atom is 0.337 e. The van der Waals surface area contributed by atoms with Crippen molar-refractivity contribution in [3.8, 4) is 0 Å². The SMILES string of the molecule is COC(=O)c1ccc(NC(=O)NC2CN(C(=O)C(C)(C)C)c3ccccc3N(CC(=O)c3ccccc3C)C2=O)cc1. The third kappa shape index (κ3) is 6.49. The molecule has 0 saturated carbocycles. The van der Waals surface area contributed by atoms with Crippen molar-refractivity contribution in [3.05, 3.63) is 89.5 Å². The third-order valence-corrected chi connectivity index (χ3v) is 6.90. The number of anilines is 3. The molecular formula is C32H34N4O6. The van der Waals surface area contributed by atoms with Gasteiger partial charge in [0.15, 0.2) is 5.78 Å². The van der Waals surface area contributed by atoms with E-state index in [1.807, 2.05) is 19.1 Å². The molecule has 0 aromatic heterocycles. The fourth-order valence-corrected chi connectivity index (χ4v) is 4.70. The number of carbonyl (C=O) groups excluding carboxylic acids is 5. The van der Waals surface area contributed by atoms with Crippen molar-refractivity contribution in [3.63, 3.8) is 0 Å². The Hall–Kier alpha value is -4.99. The van der Waals surface area contributed by atoms with Crippen molar-refractivity contribution < 1.29 is 28.7 Å². The number of methoxy groups -OCH3 is 1. The number of Topliss-reactive ketones (excluding diaryl/α,β-unsaturated/α-hetero) is 1. The first-order valence-electron chi connectivity index (χ1n) is 13.5. The molecule has 1 aliphatic rings. The number of fused-ring (bicyclic) bond motifs is 1. The van der Waals surface area contributed by atoms with Gasteiger partial charge in [-0.05, 0) is 48.9 Å². The maximum absolute atomic E-state index is 14.1. The summed E-state index contributed by atoms with van der Waals surface area (Å²) in [7, 11) is 1.27. The molecule has 4 rings (SSSR count). The predicted octanol–water partition coefficient (Wildman–Crippen LogP) is 4.58. The molecule has 4 amide bonds. The Labute approximate surface area is 244 Å². The summed E-state index contributed by atoms with van der Waals surface area (Å²) in [6.45, 7) is 6.72. The Kier molecular flexibility index (Phi) is 8.75. The average Bonchev–Trinajstić information content (AvgIpc) is 3.07. The van der Waals surface area contributed by atoms with Crippen LogP contribution in [-0.4, -0.2) is 55.8 Å². The second-order valence-electron chi connectivity index (χ2n) is 11.0. The van der Waals surface area contributed by atoms with Gasteiger partial charge >= 0.3 is 12.0 Å². The number of amides is 4. The summed E-state index contributed by atoms with van der Waals surface area (Å²) in [5, 5.41) is 5.35. The molecule has 0 spiro atoms. The van der Waals surface area contributed by atoms with Gasteiger partial charge < -0.3 is 25.2 Å². The Morgan fingerprint density at radius 3 is 2.14 bits per heavy atom. The number of esters is 1. The first kappa shape index (κ1) is 30.0. The minimum Gasteiger partial charge on any atom is -0.465 e. The van der Waals surface area contributed by atoms with Gasteiger partial charge in [0.2, 0.25) is 5.91 Å². The lowest BCUT2D eigenvalue weighted by Crippen LogP contribution is -2.55. The minimum atomic E-state index is -1.18. The van der Waals surface area contributed by atoms with Crippen molar-refractivity contribution in [2.75, 3.05) is 35.3 Å². The van der Waals surface area contributed by atoms with E-state index in [0.29, 0.717) is 28.2 Å². The van der Waals surface area contributed by atoms with E-state index in [1.54, 1.807) is 57.2 Å². The molecule has 1 heterocycles. The zero-order valence-electron chi connectivity index (χ0n) is 24.3. The standard InChI is InChI=1S/C32H34N4O6/c1-20-10-6-7-11-23(20)27(37)19-35-25-12-8-9-13-26(25)36(30(40)32(2,3)4)18-24(28(35)38)34-31(41)33-22-16-14-21(15-17-22)29(39)42-5/h6-17,24H,18-19H2,1-5H3,(H2,33,34,41). The molecule has 3 aromatic carbocycles. The smallest absolute Gasteiger partial charge is 0.337 e. The normalized spacial score (nSPS) is 14.9. The van der Waals surface area contributed by atoms with Gasteiger partial charge in [-0.1, -0.05) is 57.2 Å². The Bertz CT molecular complexity index is 1530. The molecule has 1 aliphatic heterocycles. The largest absolute Gasteiger partial charge is 0.465 e. The van der Waals surface area contributed by atoms with Crippen LogP contribution in [-0.2, 0) is 14.3 Å². The van der Waals surface area contributed by atoms with Gasteiger partial charge in [-0.2, -0.15) is 0 Å². The molecule has 0 fully saturated rings. The number of rotatable bonds is 6. The second-order valence-corrected chi connectivity index (χ2v) is 11.0. The molecule has 10 heteroatoms. The van der Waals surface area contributed by atoms with E-state index in [0.717, 1.165) is 5.56 Å². The van der Waals surface area contributed by atoms with E-state index in [9.17, 15) is 24.0 Å². The van der Waals surface area contributed by atoms with Crippen LogP contribution in [0.1, 0.15) is 47.1 Å². The van der Waals surface area contributed by atoms with Crippen LogP contribution in [0.5, 0.6) is 0 Å². The van der Waals surface area contributed by atoms with Gasteiger partial charge in [-0.25, -0.2) is 9.59 Å². The summed E-state index contributed by atoms with van der Waals surface area (Å²) >= 11 is 0. The number of hydrogen-bond donors (Lipinski definition) is 2. The number of para-hydroxylation sites is 2. The molecule has 218 valence electrons. The molecule has 1 unspecified atom stereocenters. The monoisotopic (exact) mass is 570 g/mol. The lowest BCUT2D eigenvalue weighted by molar-refractivity contribution is -0.126. The van der Waals surface area contributed by atoms with Gasteiger partial charge in [-0.3, -0.25) is 14.4 Å². The van der Waals surface area contributed by atoms with Crippen LogP contribution in [0.25, 0.3) is 0 Å². The number of hydrogen-bond acceptors (Lipinski definition) is 6. The van der Waals surface area contributed by atoms with Gasteiger partial charge in [0, 0.05) is 16.7 Å². The first-order valence-corrected chi connectivity index (χ1v) is 13.5. The molecule has 42 heavy (non-hydrogen) atoms. The van der Waals surface area contributed by atoms with Crippen LogP contribution in [0.3, 0.4) is 0 Å². The fraction of sp³-hybridized carbons (Fsp3) is 0.281. The molecule has 3 aromatic rings. The highest BCUT2D eigenvalue weighted by Gasteiger charge is 2.40. The number of benzene rings is 3. The molecule has 1 atom stereocenters. The van der Waals surface area contributed by atoms with Gasteiger partial charge in [-0.15, -0.1) is 0 Å². The topological polar surface area (TPSA) is 125 Å². The van der Waals surface area contributed by atoms with E-state index in [1.165, 1.54) is 41.2 Å². The van der Waals surface area contributed by atoms with Crippen molar-refractivity contribution in [1.82, 2.24) is 5.32 Å². The minimum absolute atomic E-state index is 0.143. The van der Waals surface area contributed by atoms with E-state index in [-0.39, 0.29) is 24.8 Å². The quantitative estimate of drug-likeness (QED) is 0.330. The number of urea groups is 1. The first-order chi connectivity index (χ1) is 19.9. The summed E-state index contributed by atoms with van der Waals surface area (Å²) in [6, 6.07) is 18.2. The third-order valence-electron chi connectivity index (χ3n) is 6.90. The molecule has 0 bridgehead atoms. The second kappa shape index (κ2) is 12.3. The van der Waals surface area contributed by atoms with Crippen molar-refractivity contribution in [1.29, 1.82) is 0 Å². The summed E-state index contributed by atoms with van der Waals surface area (Å²) in [5.74, 6) is -1.58. The van der Waals surface area contributed by atoms with Gasteiger partial charge in [0.25, 0.3) is 5.91 Å². The van der Waals surface area contributed by atoms with Crippen molar-refractivity contribution >= 4 is 46.7 Å². The molecule has 0 aliphatic carbocycles. The fourth-order valence-electron chi connectivity index (χ4n) is 4.70. The zero-order chi connectivity index (χ0) is 30.6. The van der Waals surface area contributed by atoms with Crippen LogP contribution in [0.15, 0.2) is 72.8 Å². The van der Waals surface area contributed by atoms with Crippen molar-refractivity contribution in [2.24, 2.45) is 5.41 Å². The van der Waals surface area contributed by atoms with Crippen molar-refractivity contribution in [2.45, 2.75) is 33.7 Å². The van der Waals surface area contributed by atoms with E-state index < -0.39 is 29.4 Å². The number of nitrogens with one attached hydrogen (secondary N) is 2. The number of aryl methyl sites for hydroxylation is 1. The number of ether oxygens (including phenoxy) is 1. The van der Waals surface area contributed by atoms with E-state index >= 15 is 0 Å². The van der Waals surface area contributed by atoms with E-state index in [4.69, 9.17) is 4.74 Å². The highest BCUT2D eigenvalue weighted by molar-refractivity contribution is 6.13. The van der Waals surface area contributed by atoms with Crippen LogP contribution in [0, 0.1) is 12.3 Å². The molecule has 2 N–H and O–H groups in total. The van der Waals surface area contributed by atoms with Crippen LogP contribution >= 0.6 is 0 Å². The number of nitrogens with zero attached hydrogens (tertiary/aromatic N) is 2. The molecular weight excluding hydrogens is 536 g/mol. The number of carbonyl (C=O) groups is 5. The highest BCUT2D eigenvalue weighted by Crippen LogP contribution is 2.35.